The highest BCUT2D eigenvalue weighted by molar-refractivity contribution is 7.80. The first-order chi connectivity index (χ1) is 10.0. The molecular weight excluding hydrogens is 300 g/mol. The summed E-state index contributed by atoms with van der Waals surface area (Å²) in [6.07, 6.45) is 0.884. The van der Waals surface area contributed by atoms with Gasteiger partial charge in [-0.3, -0.25) is 0 Å². The fourth-order valence-corrected chi connectivity index (χ4v) is 2.56. The zero-order valence-electron chi connectivity index (χ0n) is 12.2. The number of hydrogen-bond acceptors (Lipinski definition) is 1. The summed E-state index contributed by atoms with van der Waals surface area (Å²) in [5, 5.41) is 7.86. The van der Waals surface area contributed by atoms with E-state index in [0.29, 0.717) is 5.11 Å². The van der Waals surface area contributed by atoms with E-state index >= 15 is 0 Å². The second-order valence-corrected chi connectivity index (χ2v) is 5.92. The lowest BCUT2D eigenvalue weighted by Gasteiger charge is -2.13. The van der Waals surface area contributed by atoms with Crippen molar-refractivity contribution in [3.8, 4) is 0 Å². The Labute approximate surface area is 136 Å². The quantitative estimate of drug-likeness (QED) is 0.812. The van der Waals surface area contributed by atoms with Gasteiger partial charge in [-0.15, -0.1) is 0 Å². The number of thiocarbonyl (C=S) groups is 1. The van der Waals surface area contributed by atoms with Crippen molar-refractivity contribution in [3.63, 3.8) is 0 Å². The third kappa shape index (κ3) is 5.03. The standard InChI is InChI=1S/C17H19ClN2S/c1-12-6-7-16(13(2)10-12)20-17(21)19-9-8-14-4-3-5-15(18)11-14/h3-7,10-11H,8-9H2,1-2H3,(H2,19,20,21). The van der Waals surface area contributed by atoms with Crippen LogP contribution in [0.25, 0.3) is 0 Å². The Hall–Kier alpha value is -1.58. The predicted octanol–water partition coefficient (Wildman–Crippen LogP) is 4.49. The Balaban J connectivity index is 1.82. The molecule has 0 aliphatic rings. The molecule has 0 amide bonds. The number of halogens is 1. The average Bonchev–Trinajstić information content (AvgIpc) is 2.42. The van der Waals surface area contributed by atoms with E-state index in [2.05, 4.69) is 48.7 Å². The Morgan fingerprint density at radius 1 is 1.14 bits per heavy atom. The van der Waals surface area contributed by atoms with E-state index in [9.17, 15) is 0 Å². The molecule has 0 saturated carbocycles. The highest BCUT2D eigenvalue weighted by Crippen LogP contribution is 2.15. The van der Waals surface area contributed by atoms with Gasteiger partial charge in [-0.05, 0) is 61.8 Å². The largest absolute Gasteiger partial charge is 0.362 e. The number of hydrogen-bond donors (Lipinski definition) is 2. The summed E-state index contributed by atoms with van der Waals surface area (Å²) in [5.74, 6) is 0. The molecule has 0 radical (unpaired) electrons. The van der Waals surface area contributed by atoms with Crippen LogP contribution in [0.4, 0.5) is 5.69 Å². The minimum atomic E-state index is 0.643. The number of nitrogens with one attached hydrogen (secondary N) is 2. The van der Waals surface area contributed by atoms with Gasteiger partial charge in [0.1, 0.15) is 0 Å². The molecule has 0 unspecified atom stereocenters. The van der Waals surface area contributed by atoms with Gasteiger partial charge in [0, 0.05) is 17.3 Å². The van der Waals surface area contributed by atoms with Crippen LogP contribution in [-0.4, -0.2) is 11.7 Å². The fourth-order valence-electron chi connectivity index (χ4n) is 2.13. The van der Waals surface area contributed by atoms with E-state index in [-0.39, 0.29) is 0 Å². The minimum Gasteiger partial charge on any atom is -0.362 e. The van der Waals surface area contributed by atoms with Crippen LogP contribution in [0.15, 0.2) is 42.5 Å². The smallest absolute Gasteiger partial charge is 0.170 e. The van der Waals surface area contributed by atoms with Crippen LogP contribution >= 0.6 is 23.8 Å². The Kier molecular flexibility index (Phi) is 5.59. The molecule has 2 rings (SSSR count). The molecule has 0 aliphatic carbocycles. The van der Waals surface area contributed by atoms with E-state index < -0.39 is 0 Å². The zero-order chi connectivity index (χ0) is 15.2. The maximum absolute atomic E-state index is 5.97. The number of aryl methyl sites for hydroxylation is 2. The highest BCUT2D eigenvalue weighted by Gasteiger charge is 2.01. The van der Waals surface area contributed by atoms with E-state index in [0.717, 1.165) is 23.7 Å². The van der Waals surface area contributed by atoms with Crippen LogP contribution in [0.2, 0.25) is 5.02 Å². The van der Waals surface area contributed by atoms with Crippen molar-refractivity contribution in [3.05, 3.63) is 64.2 Å². The molecule has 4 heteroatoms. The van der Waals surface area contributed by atoms with E-state index in [4.69, 9.17) is 23.8 Å². The Morgan fingerprint density at radius 2 is 1.95 bits per heavy atom. The molecule has 2 aromatic rings. The lowest BCUT2D eigenvalue weighted by atomic mass is 10.1. The Bertz CT molecular complexity index is 640. The molecule has 0 bridgehead atoms. The monoisotopic (exact) mass is 318 g/mol. The summed E-state index contributed by atoms with van der Waals surface area (Å²) in [6.45, 7) is 4.93. The van der Waals surface area contributed by atoms with Gasteiger partial charge in [0.25, 0.3) is 0 Å². The van der Waals surface area contributed by atoms with E-state index in [1.807, 2.05) is 18.2 Å². The summed E-state index contributed by atoms with van der Waals surface area (Å²) >= 11 is 11.3. The van der Waals surface area contributed by atoms with Gasteiger partial charge in [0.15, 0.2) is 5.11 Å². The van der Waals surface area contributed by atoms with Gasteiger partial charge in [0.05, 0.1) is 0 Å². The molecule has 0 spiro atoms. The van der Waals surface area contributed by atoms with Gasteiger partial charge in [-0.25, -0.2) is 0 Å². The van der Waals surface area contributed by atoms with E-state index in [1.54, 1.807) is 0 Å². The first-order valence-electron chi connectivity index (χ1n) is 6.91. The number of anilines is 1. The van der Waals surface area contributed by atoms with Crippen LogP contribution in [0, 0.1) is 13.8 Å². The molecule has 0 aromatic heterocycles. The molecule has 21 heavy (non-hydrogen) atoms. The SMILES string of the molecule is Cc1ccc(NC(=S)NCCc2cccc(Cl)c2)c(C)c1. The molecule has 2 aromatic carbocycles. The Morgan fingerprint density at radius 3 is 2.67 bits per heavy atom. The second kappa shape index (κ2) is 7.43. The van der Waals surface area contributed by atoms with Gasteiger partial charge in [-0.2, -0.15) is 0 Å². The molecule has 0 heterocycles. The van der Waals surface area contributed by atoms with Crippen molar-refractivity contribution < 1.29 is 0 Å². The maximum atomic E-state index is 5.97. The van der Waals surface area contributed by atoms with Gasteiger partial charge >= 0.3 is 0 Å². The normalized spacial score (nSPS) is 10.2. The van der Waals surface area contributed by atoms with Gasteiger partial charge in [0.2, 0.25) is 0 Å². The molecule has 0 fully saturated rings. The third-order valence-corrected chi connectivity index (χ3v) is 3.70. The summed E-state index contributed by atoms with van der Waals surface area (Å²) in [5.41, 5.74) is 4.68. The average molecular weight is 319 g/mol. The van der Waals surface area contributed by atoms with Crippen LogP contribution in [-0.2, 0) is 6.42 Å². The zero-order valence-corrected chi connectivity index (χ0v) is 13.8. The van der Waals surface area contributed by atoms with Crippen molar-refractivity contribution in [2.45, 2.75) is 20.3 Å². The summed E-state index contributed by atoms with van der Waals surface area (Å²) in [6, 6.07) is 14.1. The van der Waals surface area contributed by atoms with Crippen LogP contribution in [0.1, 0.15) is 16.7 Å². The predicted molar refractivity (Wildman–Crippen MR) is 95.3 cm³/mol. The second-order valence-electron chi connectivity index (χ2n) is 5.08. The van der Waals surface area contributed by atoms with Crippen molar-refractivity contribution in [2.75, 3.05) is 11.9 Å². The summed E-state index contributed by atoms with van der Waals surface area (Å²) in [4.78, 5) is 0. The fraction of sp³-hybridized carbons (Fsp3) is 0.235. The molecule has 2 N–H and O–H groups in total. The summed E-state index contributed by atoms with van der Waals surface area (Å²) in [7, 11) is 0. The van der Waals surface area contributed by atoms with E-state index in [1.165, 1.54) is 16.7 Å². The van der Waals surface area contributed by atoms with Crippen molar-refractivity contribution in [1.29, 1.82) is 0 Å². The third-order valence-electron chi connectivity index (χ3n) is 3.22. The molecular formula is C17H19ClN2S. The van der Waals surface area contributed by atoms with Gasteiger partial charge < -0.3 is 10.6 Å². The first-order valence-corrected chi connectivity index (χ1v) is 7.70. The van der Waals surface area contributed by atoms with Crippen molar-refractivity contribution >= 4 is 34.6 Å². The lowest BCUT2D eigenvalue weighted by molar-refractivity contribution is 0.873. The highest BCUT2D eigenvalue weighted by atomic mass is 35.5. The molecule has 0 saturated heterocycles. The summed E-state index contributed by atoms with van der Waals surface area (Å²) < 4.78 is 0. The first kappa shape index (κ1) is 15.8. The lowest BCUT2D eigenvalue weighted by Crippen LogP contribution is -2.30. The van der Waals surface area contributed by atoms with Gasteiger partial charge in [-0.1, -0.05) is 41.4 Å². The van der Waals surface area contributed by atoms with Crippen LogP contribution in [0.5, 0.6) is 0 Å². The maximum Gasteiger partial charge on any atom is 0.170 e. The van der Waals surface area contributed by atoms with Crippen molar-refractivity contribution in [1.82, 2.24) is 5.32 Å². The van der Waals surface area contributed by atoms with Crippen LogP contribution < -0.4 is 10.6 Å². The molecule has 110 valence electrons. The van der Waals surface area contributed by atoms with Crippen molar-refractivity contribution in [2.24, 2.45) is 0 Å². The number of benzene rings is 2. The minimum absolute atomic E-state index is 0.643. The van der Waals surface area contributed by atoms with Crippen LogP contribution in [0.3, 0.4) is 0 Å². The molecule has 0 atom stereocenters. The molecule has 0 aliphatic heterocycles. The molecule has 2 nitrogen and oxygen atoms in total. The topological polar surface area (TPSA) is 24.1 Å². The number of rotatable bonds is 4.